The Hall–Kier alpha value is -6.74. The smallest absolute Gasteiger partial charge is 0.315 e. The molecule has 6 fully saturated rings. The molecule has 0 radical (unpaired) electrons. The molecular formula is C91H180N18O30. The Kier molecular flexibility index (Phi) is 52.0. The number of aliphatic hydroxyl groups excluding tert-OH is 20. The summed E-state index contributed by atoms with van der Waals surface area (Å²) in [7, 11) is 0. The third-order valence-electron chi connectivity index (χ3n) is 23.9. The highest BCUT2D eigenvalue weighted by Gasteiger charge is 2.47. The van der Waals surface area contributed by atoms with E-state index in [2.05, 4.69) is 201 Å². The van der Waals surface area contributed by atoms with E-state index in [0.717, 1.165) is 56.3 Å². The number of nitrogens with one attached hydrogen (secondary N) is 17. The van der Waals surface area contributed by atoms with Gasteiger partial charge in [-0.2, -0.15) is 0 Å². The minimum Gasteiger partial charge on any atom is -0.395 e. The van der Waals surface area contributed by atoms with Crippen LogP contribution in [0.1, 0.15) is 243 Å². The number of carbonyl (C=O) groups is 10. The molecule has 0 saturated carbocycles. The summed E-state index contributed by atoms with van der Waals surface area (Å²) in [5.41, 5.74) is -4.72. The van der Waals surface area contributed by atoms with Crippen molar-refractivity contribution in [2.24, 2.45) is 0 Å². The number of aliphatic hydroxyl groups is 20. The Bertz CT molecular complexity index is 3700. The molecule has 139 heavy (non-hydrogen) atoms. The van der Waals surface area contributed by atoms with Gasteiger partial charge in [0.25, 0.3) is 0 Å². The van der Waals surface area contributed by atoms with Gasteiger partial charge in [0, 0.05) is 135 Å². The lowest BCUT2D eigenvalue weighted by atomic mass is 9.79. The summed E-state index contributed by atoms with van der Waals surface area (Å²) < 4.78 is 0. The number of nitrogens with zero attached hydrogens (tertiary/aromatic N) is 1. The Morgan fingerprint density at radius 1 is 0.266 bits per heavy atom. The number of hydrogen-bond donors (Lipinski definition) is 37. The highest BCUT2D eigenvalue weighted by atomic mass is 16.4. The molecule has 6 aliphatic rings. The first kappa shape index (κ1) is 130. The van der Waals surface area contributed by atoms with Crippen molar-refractivity contribution in [1.29, 1.82) is 0 Å². The average molecular weight is 2010 g/mol. The van der Waals surface area contributed by atoms with Crippen LogP contribution in [0.4, 0.5) is 9.59 Å². The van der Waals surface area contributed by atoms with Gasteiger partial charge in [0.2, 0.25) is 0 Å². The Labute approximate surface area is 818 Å². The Morgan fingerprint density at radius 2 is 0.482 bits per heavy atom. The van der Waals surface area contributed by atoms with Crippen molar-refractivity contribution >= 4 is 59.3 Å². The number of amides is 12. The molecule has 0 aliphatic carbocycles. The van der Waals surface area contributed by atoms with E-state index in [1.807, 2.05) is 55.4 Å². The molecule has 0 aromatic rings. The van der Waals surface area contributed by atoms with Gasteiger partial charge >= 0.3 is 59.3 Å². The molecule has 9 atom stereocenters. The highest BCUT2D eigenvalue weighted by Crippen LogP contribution is 2.35. The first-order valence-electron chi connectivity index (χ1n) is 47.5. The molecule has 0 spiro atoms. The summed E-state index contributed by atoms with van der Waals surface area (Å²) in [6.45, 7) is 42.3. The first-order chi connectivity index (χ1) is 63.3. The number of urea groups is 2. The van der Waals surface area contributed by atoms with Gasteiger partial charge in [0.05, 0.1) is 91.0 Å². The van der Waals surface area contributed by atoms with Gasteiger partial charge in [-0.1, -0.05) is 0 Å². The fourth-order valence-corrected chi connectivity index (χ4v) is 20.0. The van der Waals surface area contributed by atoms with Crippen LogP contribution >= 0.6 is 0 Å². The van der Waals surface area contributed by atoms with Gasteiger partial charge in [-0.05, 0) is 243 Å². The van der Waals surface area contributed by atoms with Crippen molar-refractivity contribution in [2.45, 2.75) is 412 Å². The SMILES string of the molecule is CC1(C)CC(NC(=O)C(=O)N(CCO)CCO)CC(C)(C)N1.CC1(C)CC(NC(=O)C(=O)NC(CO)(CO)CO)CC(C)(C)N1.CC1(C)CC(NC(=O)C(=O)NCC(O)C(O)C(O)C(O)CO)CC(C)(C)N1.CC1(C)CC(NC(=O)C(=O)NCC(O)CO)CC(C)(C)N1.CC1(C)CC(NC(=O)NC(CO)(CO)CO)CC(C)(C)N1.CC1(C)CC(NC(=O)NCC(O)C(O)C(O)C(O)CO)CC(C)(C)N1. The van der Waals surface area contributed by atoms with Crippen LogP contribution in [0.2, 0.25) is 0 Å². The fraction of sp³-hybridized carbons (Fsp3) is 0.890. The van der Waals surface area contributed by atoms with Crippen molar-refractivity contribution in [1.82, 2.24) is 95.3 Å². The van der Waals surface area contributed by atoms with Crippen LogP contribution in [-0.2, 0) is 38.4 Å². The van der Waals surface area contributed by atoms with Crippen molar-refractivity contribution < 1.29 is 150 Å². The predicted molar refractivity (Wildman–Crippen MR) is 515 cm³/mol. The van der Waals surface area contributed by atoms with Crippen LogP contribution in [-0.4, -0.2) is 440 Å². The first-order valence-corrected chi connectivity index (χ1v) is 47.5. The second-order valence-electron chi connectivity index (χ2n) is 45.9. The monoisotopic (exact) mass is 2010 g/mol. The third kappa shape index (κ3) is 48.7. The molecule has 814 valence electrons. The number of carbonyl (C=O) groups excluding carboxylic acids is 10. The Morgan fingerprint density at radius 3 is 0.727 bits per heavy atom. The number of hydrogen-bond acceptors (Lipinski definition) is 36. The summed E-state index contributed by atoms with van der Waals surface area (Å²) in [5, 5.41) is 234. The van der Waals surface area contributed by atoms with E-state index in [9.17, 15) is 119 Å². The third-order valence-corrected chi connectivity index (χ3v) is 23.9. The summed E-state index contributed by atoms with van der Waals surface area (Å²) in [6, 6.07) is -1.60. The molecule has 37 N–H and O–H groups in total. The van der Waals surface area contributed by atoms with Gasteiger partial charge in [-0.3, -0.25) is 38.4 Å². The topological polar surface area (TPSA) is 783 Å². The maximum atomic E-state index is 12.1. The van der Waals surface area contributed by atoms with Crippen LogP contribution in [0.25, 0.3) is 0 Å². The van der Waals surface area contributed by atoms with Crippen LogP contribution in [0.15, 0.2) is 0 Å². The summed E-state index contributed by atoms with van der Waals surface area (Å²) in [4.78, 5) is 121. The zero-order chi connectivity index (χ0) is 108. The molecule has 0 aromatic heterocycles. The minimum atomic E-state index is -1.80. The van der Waals surface area contributed by atoms with E-state index in [1.165, 1.54) is 0 Å². The molecule has 6 saturated heterocycles. The molecule has 0 aromatic carbocycles. The van der Waals surface area contributed by atoms with Crippen LogP contribution < -0.4 is 90.4 Å². The van der Waals surface area contributed by atoms with Gasteiger partial charge in [0.1, 0.15) is 47.7 Å². The van der Waals surface area contributed by atoms with Crippen molar-refractivity contribution in [3.63, 3.8) is 0 Å². The van der Waals surface area contributed by atoms with E-state index in [-0.39, 0.29) is 142 Å². The van der Waals surface area contributed by atoms with Gasteiger partial charge < -0.3 is 197 Å². The predicted octanol–water partition coefficient (Wildman–Crippen LogP) is -9.34. The maximum Gasteiger partial charge on any atom is 0.315 e. The van der Waals surface area contributed by atoms with E-state index >= 15 is 0 Å². The maximum absolute atomic E-state index is 12.1. The van der Waals surface area contributed by atoms with Crippen molar-refractivity contribution in [3.8, 4) is 0 Å². The normalized spacial score (nSPS) is 22.4. The summed E-state index contributed by atoms with van der Waals surface area (Å²) in [5.74, 6) is -6.56. The molecule has 6 aliphatic heterocycles. The van der Waals surface area contributed by atoms with Crippen molar-refractivity contribution in [2.75, 3.05) is 105 Å². The van der Waals surface area contributed by atoms with Gasteiger partial charge in [-0.15, -0.1) is 0 Å². The molecule has 48 heteroatoms. The van der Waals surface area contributed by atoms with Crippen LogP contribution in [0.5, 0.6) is 0 Å². The molecule has 12 amide bonds. The quantitative estimate of drug-likeness (QED) is 0.0271. The lowest BCUT2D eigenvalue weighted by Crippen LogP contribution is -2.65. The highest BCUT2D eigenvalue weighted by molar-refractivity contribution is 6.36. The van der Waals surface area contributed by atoms with Gasteiger partial charge in [0.15, 0.2) is 0 Å². The second kappa shape index (κ2) is 55.5. The molecular weight excluding hydrogens is 1830 g/mol. The summed E-state index contributed by atoms with van der Waals surface area (Å²) >= 11 is 0. The lowest BCUT2D eigenvalue weighted by molar-refractivity contribution is -0.147. The zero-order valence-corrected chi connectivity index (χ0v) is 86.4. The molecule has 6 rings (SSSR count). The van der Waals surface area contributed by atoms with Gasteiger partial charge in [-0.25, -0.2) is 9.59 Å². The number of piperidine rings is 6. The van der Waals surface area contributed by atoms with E-state index in [0.29, 0.717) is 25.7 Å². The number of rotatable bonds is 33. The van der Waals surface area contributed by atoms with Crippen LogP contribution in [0.3, 0.4) is 0 Å². The van der Waals surface area contributed by atoms with Crippen LogP contribution in [0, 0.1) is 0 Å². The average Bonchev–Trinajstić information content (AvgIpc) is 0.822. The minimum absolute atomic E-state index is 0.0231. The molecule has 9 unspecified atom stereocenters. The van der Waals surface area contributed by atoms with E-state index in [4.69, 9.17) is 30.6 Å². The fourth-order valence-electron chi connectivity index (χ4n) is 20.0. The molecule has 0 bridgehead atoms. The second-order valence-corrected chi connectivity index (χ2v) is 45.9. The largest absolute Gasteiger partial charge is 0.395 e. The van der Waals surface area contributed by atoms with Crippen molar-refractivity contribution in [3.05, 3.63) is 0 Å². The Balaban J connectivity index is 0.000000836. The standard InChI is InChI=1S/C17H33N3O7.C16H33N3O6.C15H29N3O5.C15H29N3O4.C14H29N3O4.C14H27N3O4/c1-16(2)5-9(6-17(3,4)20-16)19-15(27)14(26)18-7-10(22)12(24)13(25)11(23)8-21;1-15(2)5-9(6-16(3,4)19-15)18-14(25)17-7-10(21)12(23)13(24)11(22)8-20;1-13(2)5-10(6-14(3,4)18-13)16-11(22)12(23)17-15(7-19,8-20)9-21;1-14(2)9-11(10-15(3,4)17-14)16-12(21)13(22)18(5-7-19)6-8-20;1-12(2)5-10(6-13(3,4)17-12)15-11(21)16-14(7-18,8-19)9-20;1-13(2)5-9(6-14(3,4)17-13)16-12(21)11(20)15-7-10(19)8-18/h9-13,20-25H,5-8H2,1-4H3,(H,18,26)(H,19,27);9-13,19-24H,5-8H2,1-4H3,(H2,17,18,25);10,18-21H,5-9H2,1-4H3,(H,16,22)(H,17,23);11,17,19-20H,5-10H2,1-4H3,(H,16,21);10,17-20H,5-9H2,1-4H3,(H2,15,16,21);9-10,17-19H,5-8H2,1-4H3,(H,15,20)(H,16,21). The molecule has 48 nitrogen and oxygen atoms in total. The van der Waals surface area contributed by atoms with E-state index in [1.54, 1.807) is 0 Å². The summed E-state index contributed by atoms with van der Waals surface area (Å²) in [6.07, 6.45) is -5.81. The molecule has 6 heterocycles. The van der Waals surface area contributed by atoms with E-state index < -0.39 is 191 Å². The lowest BCUT2D eigenvalue weighted by Gasteiger charge is -2.46. The zero-order valence-electron chi connectivity index (χ0n) is 86.4.